The lowest BCUT2D eigenvalue weighted by atomic mass is 10.2. The van der Waals surface area contributed by atoms with E-state index in [-0.39, 0.29) is 0 Å². The van der Waals surface area contributed by atoms with Crippen LogP contribution in [-0.4, -0.2) is 5.11 Å². The van der Waals surface area contributed by atoms with Crippen molar-refractivity contribution < 1.29 is 0 Å². The van der Waals surface area contributed by atoms with E-state index >= 15 is 0 Å². The Morgan fingerprint density at radius 2 is 1.79 bits per heavy atom. The molecule has 0 radical (unpaired) electrons. The molecule has 4 N–H and O–H groups in total. The number of halogens is 2. The van der Waals surface area contributed by atoms with Crippen molar-refractivity contribution in [2.75, 3.05) is 16.4 Å². The average molecular weight is 332 g/mol. The zero-order chi connectivity index (χ0) is 14.0. The van der Waals surface area contributed by atoms with Crippen LogP contribution in [0.2, 0.25) is 10.0 Å². The highest BCUT2D eigenvalue weighted by molar-refractivity contribution is 7.80. The standard InChI is InChI=1S/C12H11Cl2N3S2/c1-6-4-19-5-11(6)17-12(18)16-10-3-8(14)7(13)2-9(10)15/h2-5H,15H2,1H3,(H2,16,17,18). The van der Waals surface area contributed by atoms with Crippen LogP contribution in [0, 0.1) is 6.92 Å². The largest absolute Gasteiger partial charge is 0.397 e. The third kappa shape index (κ3) is 3.51. The molecular formula is C12H11Cl2N3S2. The Hall–Kier alpha value is -1.01. The third-order valence-corrected chi connectivity index (χ3v) is 4.23. The van der Waals surface area contributed by atoms with Gasteiger partial charge in [-0.3, -0.25) is 0 Å². The second-order valence-corrected chi connectivity index (χ2v) is 5.87. The number of thiocarbonyl (C=S) groups is 1. The van der Waals surface area contributed by atoms with Crippen LogP contribution in [0.15, 0.2) is 22.9 Å². The molecule has 0 amide bonds. The van der Waals surface area contributed by atoms with Gasteiger partial charge in [-0.2, -0.15) is 0 Å². The van der Waals surface area contributed by atoms with Crippen molar-refractivity contribution in [1.82, 2.24) is 0 Å². The van der Waals surface area contributed by atoms with E-state index < -0.39 is 0 Å². The molecule has 0 spiro atoms. The Balaban J connectivity index is 2.11. The van der Waals surface area contributed by atoms with Gasteiger partial charge in [-0.25, -0.2) is 0 Å². The molecule has 2 aromatic rings. The number of anilines is 3. The first-order valence-electron chi connectivity index (χ1n) is 5.32. The molecule has 0 atom stereocenters. The van der Waals surface area contributed by atoms with Gasteiger partial charge in [0.05, 0.1) is 27.1 Å². The SMILES string of the molecule is Cc1cscc1NC(=S)Nc1cc(Cl)c(Cl)cc1N. The first kappa shape index (κ1) is 14.4. The van der Waals surface area contributed by atoms with E-state index in [0.717, 1.165) is 11.3 Å². The van der Waals surface area contributed by atoms with E-state index in [4.69, 9.17) is 41.2 Å². The maximum atomic E-state index is 5.95. The van der Waals surface area contributed by atoms with Crippen molar-refractivity contribution >= 4 is 68.9 Å². The normalized spacial score (nSPS) is 10.3. The predicted octanol–water partition coefficient (Wildman–Crippen LogP) is 4.75. The van der Waals surface area contributed by atoms with Crippen molar-refractivity contribution in [3.63, 3.8) is 0 Å². The maximum Gasteiger partial charge on any atom is 0.175 e. The minimum Gasteiger partial charge on any atom is -0.397 e. The number of nitrogen functional groups attached to an aromatic ring is 1. The van der Waals surface area contributed by atoms with Crippen LogP contribution in [0.1, 0.15) is 5.56 Å². The Bertz CT molecular complexity index is 625. The number of aryl methyl sites for hydroxylation is 1. The van der Waals surface area contributed by atoms with Gasteiger partial charge >= 0.3 is 0 Å². The number of hydrogen-bond donors (Lipinski definition) is 3. The molecule has 0 saturated heterocycles. The molecule has 1 aromatic carbocycles. The van der Waals surface area contributed by atoms with Gasteiger partial charge in [-0.1, -0.05) is 23.2 Å². The van der Waals surface area contributed by atoms with Crippen LogP contribution in [-0.2, 0) is 0 Å². The lowest BCUT2D eigenvalue weighted by Crippen LogP contribution is -2.19. The van der Waals surface area contributed by atoms with E-state index in [2.05, 4.69) is 10.6 Å². The van der Waals surface area contributed by atoms with Gasteiger partial charge in [0.15, 0.2) is 5.11 Å². The molecule has 7 heteroatoms. The highest BCUT2D eigenvalue weighted by Crippen LogP contribution is 2.31. The van der Waals surface area contributed by atoms with Crippen LogP contribution in [0.4, 0.5) is 17.1 Å². The summed E-state index contributed by atoms with van der Waals surface area (Å²) in [6.07, 6.45) is 0. The Morgan fingerprint density at radius 1 is 1.16 bits per heavy atom. The quantitative estimate of drug-likeness (QED) is 0.548. The van der Waals surface area contributed by atoms with E-state index in [0.29, 0.717) is 26.5 Å². The molecule has 0 aliphatic rings. The number of hydrogen-bond acceptors (Lipinski definition) is 3. The second-order valence-electron chi connectivity index (χ2n) is 3.90. The van der Waals surface area contributed by atoms with Gasteiger partial charge in [0.25, 0.3) is 0 Å². The molecule has 0 unspecified atom stereocenters. The first-order chi connectivity index (χ1) is 8.97. The molecule has 0 bridgehead atoms. The summed E-state index contributed by atoms with van der Waals surface area (Å²) < 4.78 is 0. The van der Waals surface area contributed by atoms with Gasteiger partial charge in [0.2, 0.25) is 0 Å². The molecule has 3 nitrogen and oxygen atoms in total. The average Bonchev–Trinajstić information content (AvgIpc) is 2.72. The summed E-state index contributed by atoms with van der Waals surface area (Å²) in [6, 6.07) is 3.23. The fourth-order valence-electron chi connectivity index (χ4n) is 1.43. The van der Waals surface area contributed by atoms with Crippen LogP contribution >= 0.6 is 46.8 Å². The molecular weight excluding hydrogens is 321 g/mol. The highest BCUT2D eigenvalue weighted by atomic mass is 35.5. The molecule has 0 aliphatic carbocycles. The van der Waals surface area contributed by atoms with Crippen LogP contribution in [0.3, 0.4) is 0 Å². The maximum absolute atomic E-state index is 5.95. The lowest BCUT2D eigenvalue weighted by Gasteiger charge is -2.13. The van der Waals surface area contributed by atoms with Crippen molar-refractivity contribution in [1.29, 1.82) is 0 Å². The Morgan fingerprint density at radius 3 is 2.42 bits per heavy atom. The molecule has 2 rings (SSSR count). The van der Waals surface area contributed by atoms with Crippen LogP contribution < -0.4 is 16.4 Å². The van der Waals surface area contributed by atoms with E-state index in [1.54, 1.807) is 23.5 Å². The third-order valence-electron chi connectivity index (χ3n) is 2.44. The van der Waals surface area contributed by atoms with Gasteiger partial charge in [0, 0.05) is 5.38 Å². The predicted molar refractivity (Wildman–Crippen MR) is 89.8 cm³/mol. The topological polar surface area (TPSA) is 50.1 Å². The molecule has 19 heavy (non-hydrogen) atoms. The fourth-order valence-corrected chi connectivity index (χ4v) is 2.77. The van der Waals surface area contributed by atoms with E-state index in [9.17, 15) is 0 Å². The van der Waals surface area contributed by atoms with E-state index in [1.165, 1.54) is 0 Å². The van der Waals surface area contributed by atoms with Crippen molar-refractivity contribution in [3.8, 4) is 0 Å². The minimum atomic E-state index is 0.414. The number of nitrogens with two attached hydrogens (primary N) is 1. The highest BCUT2D eigenvalue weighted by Gasteiger charge is 2.08. The van der Waals surface area contributed by atoms with Crippen molar-refractivity contribution in [2.45, 2.75) is 6.92 Å². The van der Waals surface area contributed by atoms with Gasteiger partial charge < -0.3 is 16.4 Å². The zero-order valence-electron chi connectivity index (χ0n) is 9.96. The summed E-state index contributed by atoms with van der Waals surface area (Å²) in [4.78, 5) is 0. The molecule has 1 aromatic heterocycles. The minimum absolute atomic E-state index is 0.414. The van der Waals surface area contributed by atoms with Gasteiger partial charge in [-0.15, -0.1) is 11.3 Å². The van der Waals surface area contributed by atoms with E-state index in [1.807, 2.05) is 17.7 Å². The van der Waals surface area contributed by atoms with Crippen molar-refractivity contribution in [3.05, 3.63) is 38.5 Å². The monoisotopic (exact) mass is 331 g/mol. The second kappa shape index (κ2) is 5.96. The Kier molecular flexibility index (Phi) is 4.52. The molecule has 100 valence electrons. The summed E-state index contributed by atoms with van der Waals surface area (Å²) >= 11 is 18.7. The summed E-state index contributed by atoms with van der Waals surface area (Å²) in [7, 11) is 0. The van der Waals surface area contributed by atoms with Crippen LogP contribution in [0.5, 0.6) is 0 Å². The summed E-state index contributed by atoms with van der Waals surface area (Å²) in [5, 5.41) is 11.4. The summed E-state index contributed by atoms with van der Waals surface area (Å²) in [6.45, 7) is 2.01. The van der Waals surface area contributed by atoms with Gasteiger partial charge in [-0.05, 0) is 42.2 Å². The number of benzene rings is 1. The molecule has 0 aliphatic heterocycles. The molecule has 1 heterocycles. The van der Waals surface area contributed by atoms with Gasteiger partial charge in [0.1, 0.15) is 0 Å². The summed E-state index contributed by atoms with van der Waals surface area (Å²) in [5.74, 6) is 0. The van der Waals surface area contributed by atoms with Crippen molar-refractivity contribution in [2.24, 2.45) is 0 Å². The zero-order valence-corrected chi connectivity index (χ0v) is 13.1. The number of rotatable bonds is 2. The lowest BCUT2D eigenvalue weighted by molar-refractivity contribution is 1.52. The molecule has 0 saturated carbocycles. The number of thiophene rings is 1. The Labute approximate surface area is 130 Å². The first-order valence-corrected chi connectivity index (χ1v) is 7.43. The van der Waals surface area contributed by atoms with Crippen LogP contribution in [0.25, 0.3) is 0 Å². The smallest absolute Gasteiger partial charge is 0.175 e. The fraction of sp³-hybridized carbons (Fsp3) is 0.0833. The molecule has 0 fully saturated rings. The summed E-state index contributed by atoms with van der Waals surface area (Å²) in [5.41, 5.74) is 9.07. The number of nitrogens with one attached hydrogen (secondary N) is 2.